The molecule has 86 valence electrons. The van der Waals surface area contributed by atoms with E-state index in [1.54, 1.807) is 0 Å². The normalized spacial score (nSPS) is 8.00. The monoisotopic (exact) mass is 214 g/mol. The second-order valence-electron chi connectivity index (χ2n) is 3.31. The van der Waals surface area contributed by atoms with Gasteiger partial charge in [-0.15, -0.1) is 0 Å². The smallest absolute Gasteiger partial charge is 0.0398 e. The fourth-order valence-corrected chi connectivity index (χ4v) is 1.19. The van der Waals surface area contributed by atoms with E-state index in [4.69, 9.17) is 0 Å². The van der Waals surface area contributed by atoms with E-state index in [9.17, 15) is 0 Å². The summed E-state index contributed by atoms with van der Waals surface area (Å²) in [6, 6.07) is 20.4. The molecule has 16 heavy (non-hydrogen) atoms. The summed E-state index contributed by atoms with van der Waals surface area (Å²) < 4.78 is 0. The Morgan fingerprint density at radius 2 is 0.875 bits per heavy atom. The minimum atomic E-state index is 1.34. The molecule has 0 unspecified atom stereocenters. The molecule has 0 aliphatic heterocycles. The van der Waals surface area contributed by atoms with Crippen molar-refractivity contribution >= 4 is 0 Å². The summed E-state index contributed by atoms with van der Waals surface area (Å²) in [5.74, 6) is 0. The van der Waals surface area contributed by atoms with Crippen molar-refractivity contribution in [3.63, 3.8) is 0 Å². The van der Waals surface area contributed by atoms with E-state index in [-0.39, 0.29) is 0 Å². The summed E-state index contributed by atoms with van der Waals surface area (Å²) >= 11 is 0. The van der Waals surface area contributed by atoms with Crippen LogP contribution in [0.4, 0.5) is 0 Å². The zero-order valence-electron chi connectivity index (χ0n) is 10.8. The fourth-order valence-electron chi connectivity index (χ4n) is 1.19. The van der Waals surface area contributed by atoms with E-state index < -0.39 is 0 Å². The lowest BCUT2D eigenvalue weighted by Crippen LogP contribution is -1.71. The summed E-state index contributed by atoms with van der Waals surface area (Å²) in [7, 11) is 0. The van der Waals surface area contributed by atoms with Gasteiger partial charge in [-0.05, 0) is 13.8 Å². The van der Waals surface area contributed by atoms with Crippen LogP contribution in [0.3, 0.4) is 0 Å². The van der Waals surface area contributed by atoms with Gasteiger partial charge >= 0.3 is 0 Å². The van der Waals surface area contributed by atoms with Crippen molar-refractivity contribution in [3.05, 3.63) is 71.8 Å². The minimum absolute atomic E-state index is 1.34. The van der Waals surface area contributed by atoms with Gasteiger partial charge < -0.3 is 0 Å². The van der Waals surface area contributed by atoms with Crippen LogP contribution in [0.1, 0.15) is 25.0 Å². The first-order chi connectivity index (χ1) is 7.79. The van der Waals surface area contributed by atoms with Crippen LogP contribution in [-0.2, 0) is 0 Å². The lowest BCUT2D eigenvalue weighted by molar-refractivity contribution is 1.39. The maximum Gasteiger partial charge on any atom is -0.0398 e. The Hall–Kier alpha value is -1.56. The molecule has 0 amide bonds. The van der Waals surface area contributed by atoms with Crippen molar-refractivity contribution in [2.75, 3.05) is 0 Å². The van der Waals surface area contributed by atoms with Crippen LogP contribution in [-0.4, -0.2) is 0 Å². The molecule has 0 saturated carbocycles. The Morgan fingerprint density at radius 3 is 1.06 bits per heavy atom. The molecule has 0 spiro atoms. The van der Waals surface area contributed by atoms with E-state index >= 15 is 0 Å². The second-order valence-corrected chi connectivity index (χ2v) is 3.31. The highest BCUT2D eigenvalue weighted by Crippen LogP contribution is 2.00. The molecule has 0 aromatic heterocycles. The third-order valence-electron chi connectivity index (χ3n) is 1.84. The number of hydrogen-bond acceptors (Lipinski definition) is 0. The molecule has 0 heteroatoms. The van der Waals surface area contributed by atoms with Gasteiger partial charge in [-0.2, -0.15) is 0 Å². The first-order valence-corrected chi connectivity index (χ1v) is 5.82. The van der Waals surface area contributed by atoms with E-state index in [1.807, 2.05) is 50.2 Å². The second kappa shape index (κ2) is 9.97. The summed E-state index contributed by atoms with van der Waals surface area (Å²) in [5.41, 5.74) is 2.68. The fraction of sp³-hybridized carbons (Fsp3) is 0.250. The summed E-state index contributed by atoms with van der Waals surface area (Å²) in [5, 5.41) is 0. The maximum atomic E-state index is 2.17. The molecule has 0 bridgehead atoms. The number of rotatable bonds is 0. The molecule has 0 nitrogen and oxygen atoms in total. The van der Waals surface area contributed by atoms with Crippen molar-refractivity contribution in [3.8, 4) is 0 Å². The van der Waals surface area contributed by atoms with E-state index in [0.29, 0.717) is 0 Å². The molecule has 0 aliphatic carbocycles. The van der Waals surface area contributed by atoms with Gasteiger partial charge in [-0.1, -0.05) is 85.6 Å². The standard InChI is InChI=1S/C8H10.C6H6.C2H6/c1-7-4-3-5-8(2)6-7;1-2-4-6-5-3-1;1-2/h3-6H,1-2H3;1-6H;1-2H3. The Morgan fingerprint density at radius 1 is 0.562 bits per heavy atom. The van der Waals surface area contributed by atoms with Gasteiger partial charge in [0.25, 0.3) is 0 Å². The van der Waals surface area contributed by atoms with Crippen LogP contribution < -0.4 is 0 Å². The molecule has 0 saturated heterocycles. The zero-order chi connectivity index (χ0) is 12.2. The van der Waals surface area contributed by atoms with Crippen molar-refractivity contribution in [2.45, 2.75) is 27.7 Å². The molecule has 0 heterocycles. The highest BCUT2D eigenvalue weighted by Gasteiger charge is 1.80. The summed E-state index contributed by atoms with van der Waals surface area (Å²) in [6.45, 7) is 8.21. The largest absolute Gasteiger partial charge is 0.0683 e. The first-order valence-electron chi connectivity index (χ1n) is 5.82. The molecular weight excluding hydrogens is 192 g/mol. The third-order valence-corrected chi connectivity index (χ3v) is 1.84. The average Bonchev–Trinajstić information content (AvgIpc) is 2.34. The molecule has 0 radical (unpaired) electrons. The molecule has 2 aromatic carbocycles. The Bertz CT molecular complexity index is 305. The third kappa shape index (κ3) is 7.81. The van der Waals surface area contributed by atoms with Crippen molar-refractivity contribution < 1.29 is 0 Å². The van der Waals surface area contributed by atoms with Crippen LogP contribution in [0.15, 0.2) is 60.7 Å². The minimum Gasteiger partial charge on any atom is -0.0683 e. The van der Waals surface area contributed by atoms with Crippen LogP contribution in [0.2, 0.25) is 0 Å². The predicted molar refractivity (Wildman–Crippen MR) is 73.7 cm³/mol. The molecule has 2 aromatic rings. The van der Waals surface area contributed by atoms with Crippen LogP contribution in [0, 0.1) is 13.8 Å². The van der Waals surface area contributed by atoms with Crippen molar-refractivity contribution in [1.82, 2.24) is 0 Å². The maximum absolute atomic E-state index is 2.17. The highest BCUT2D eigenvalue weighted by molar-refractivity contribution is 5.20. The zero-order valence-corrected chi connectivity index (χ0v) is 10.8. The first kappa shape index (κ1) is 14.4. The van der Waals surface area contributed by atoms with Gasteiger partial charge in [-0.3, -0.25) is 0 Å². The Kier molecular flexibility index (Phi) is 9.00. The van der Waals surface area contributed by atoms with Gasteiger partial charge in [0.15, 0.2) is 0 Å². The molecular formula is C16H22. The van der Waals surface area contributed by atoms with Crippen LogP contribution in [0.25, 0.3) is 0 Å². The average molecular weight is 214 g/mol. The Labute approximate surface area is 100.0 Å². The molecule has 0 fully saturated rings. The van der Waals surface area contributed by atoms with Crippen LogP contribution >= 0.6 is 0 Å². The molecule has 0 atom stereocenters. The molecule has 0 aliphatic rings. The van der Waals surface area contributed by atoms with Gasteiger partial charge in [-0.25, -0.2) is 0 Å². The van der Waals surface area contributed by atoms with E-state index in [0.717, 1.165) is 0 Å². The van der Waals surface area contributed by atoms with Crippen molar-refractivity contribution in [2.24, 2.45) is 0 Å². The van der Waals surface area contributed by atoms with E-state index in [1.165, 1.54) is 11.1 Å². The van der Waals surface area contributed by atoms with Crippen LogP contribution in [0.5, 0.6) is 0 Å². The predicted octanol–water partition coefficient (Wildman–Crippen LogP) is 5.02. The number of hydrogen-bond donors (Lipinski definition) is 0. The van der Waals surface area contributed by atoms with Gasteiger partial charge in [0, 0.05) is 0 Å². The van der Waals surface area contributed by atoms with Gasteiger partial charge in [0.05, 0.1) is 0 Å². The summed E-state index contributed by atoms with van der Waals surface area (Å²) in [4.78, 5) is 0. The number of benzene rings is 2. The topological polar surface area (TPSA) is 0 Å². The van der Waals surface area contributed by atoms with Gasteiger partial charge in [0.2, 0.25) is 0 Å². The van der Waals surface area contributed by atoms with Crippen molar-refractivity contribution in [1.29, 1.82) is 0 Å². The lowest BCUT2D eigenvalue weighted by Gasteiger charge is -1.90. The lowest BCUT2D eigenvalue weighted by atomic mass is 10.2. The number of aryl methyl sites for hydroxylation is 2. The SMILES string of the molecule is CC.Cc1cccc(C)c1.c1ccccc1. The van der Waals surface area contributed by atoms with Gasteiger partial charge in [0.1, 0.15) is 0 Å². The highest BCUT2D eigenvalue weighted by atomic mass is 13.9. The quantitative estimate of drug-likeness (QED) is 0.578. The van der Waals surface area contributed by atoms with E-state index in [2.05, 4.69) is 38.1 Å². The Balaban J connectivity index is 0.000000251. The summed E-state index contributed by atoms with van der Waals surface area (Å²) in [6.07, 6.45) is 0. The molecule has 0 N–H and O–H groups in total. The molecule has 2 rings (SSSR count).